The molecule has 0 amide bonds. The highest BCUT2D eigenvalue weighted by molar-refractivity contribution is 5.80. The molecule has 0 radical (unpaired) electrons. The lowest BCUT2D eigenvalue weighted by molar-refractivity contribution is -0.150. The monoisotopic (exact) mass is 214 g/mol. The van der Waals surface area contributed by atoms with E-state index in [1.165, 1.54) is 0 Å². The Morgan fingerprint density at radius 2 is 2.27 bits per heavy atom. The fraction of sp³-hybridized carbons (Fsp3) is 0.889. The minimum atomic E-state index is -0.693. The van der Waals surface area contributed by atoms with Gasteiger partial charge in [-0.2, -0.15) is 0 Å². The van der Waals surface area contributed by atoms with Crippen LogP contribution in [0.4, 0.5) is 0 Å². The van der Waals surface area contributed by atoms with Gasteiger partial charge in [-0.3, -0.25) is 4.79 Å². The average molecular weight is 214 g/mol. The summed E-state index contributed by atoms with van der Waals surface area (Å²) in [7, 11) is 0. The third-order valence-electron chi connectivity index (χ3n) is 2.22. The number of rotatable bonds is 7. The quantitative estimate of drug-likeness (QED) is 0.229. The zero-order chi connectivity index (χ0) is 11.7. The van der Waals surface area contributed by atoms with Gasteiger partial charge in [0.1, 0.15) is 5.54 Å². The molecule has 0 aliphatic carbocycles. The van der Waals surface area contributed by atoms with E-state index < -0.39 is 5.54 Å². The Bertz CT molecular complexity index is 250. The van der Waals surface area contributed by atoms with Crippen LogP contribution >= 0.6 is 0 Å². The lowest BCUT2D eigenvalue weighted by Crippen LogP contribution is -2.50. The summed E-state index contributed by atoms with van der Waals surface area (Å²) < 4.78 is 4.95. The molecule has 0 saturated carbocycles. The highest BCUT2D eigenvalue weighted by atomic mass is 16.5. The van der Waals surface area contributed by atoms with Crippen LogP contribution in [0.1, 0.15) is 27.2 Å². The van der Waals surface area contributed by atoms with Crippen molar-refractivity contribution >= 4 is 5.97 Å². The van der Waals surface area contributed by atoms with Crippen molar-refractivity contribution in [3.05, 3.63) is 10.4 Å². The van der Waals surface area contributed by atoms with Gasteiger partial charge in [-0.15, -0.1) is 0 Å². The summed E-state index contributed by atoms with van der Waals surface area (Å²) in [6.07, 6.45) is 0.627. The van der Waals surface area contributed by atoms with E-state index in [9.17, 15) is 4.79 Å². The van der Waals surface area contributed by atoms with Gasteiger partial charge in [-0.05, 0) is 25.8 Å². The molecule has 0 aliphatic rings. The summed E-state index contributed by atoms with van der Waals surface area (Å²) in [5, 5.41) is 6.41. The second kappa shape index (κ2) is 7.09. The van der Waals surface area contributed by atoms with E-state index in [4.69, 9.17) is 10.3 Å². The molecule has 86 valence electrons. The smallest absolute Gasteiger partial charge is 0.326 e. The topological polar surface area (TPSA) is 87.1 Å². The predicted octanol–water partition coefficient (Wildman–Crippen LogP) is 1.62. The second-order valence-corrected chi connectivity index (χ2v) is 3.29. The average Bonchev–Trinajstić information content (AvgIpc) is 2.24. The predicted molar refractivity (Wildman–Crippen MR) is 57.3 cm³/mol. The molecule has 0 saturated heterocycles. The summed E-state index contributed by atoms with van der Waals surface area (Å²) in [6, 6.07) is 0. The van der Waals surface area contributed by atoms with Crippen LogP contribution in [-0.4, -0.2) is 31.2 Å². The first-order chi connectivity index (χ1) is 7.10. The Balaban J connectivity index is 4.17. The van der Waals surface area contributed by atoms with Crippen molar-refractivity contribution in [2.75, 3.05) is 19.7 Å². The maximum atomic E-state index is 11.6. The maximum absolute atomic E-state index is 11.6. The van der Waals surface area contributed by atoms with E-state index in [0.29, 0.717) is 26.1 Å². The van der Waals surface area contributed by atoms with Gasteiger partial charge in [-0.1, -0.05) is 12.0 Å². The lowest BCUT2D eigenvalue weighted by atomic mass is 9.99. The summed E-state index contributed by atoms with van der Waals surface area (Å²) in [6.45, 7) is 6.61. The molecule has 0 aromatic heterocycles. The lowest BCUT2D eigenvalue weighted by Gasteiger charge is -2.26. The minimum Gasteiger partial charge on any atom is -0.465 e. The number of carbonyl (C=O) groups excluding carboxylic acids is 1. The zero-order valence-electron chi connectivity index (χ0n) is 9.49. The summed E-state index contributed by atoms with van der Waals surface area (Å²) in [5.74, 6) is -0.270. The van der Waals surface area contributed by atoms with Crippen LogP contribution in [0.25, 0.3) is 10.4 Å². The first-order valence-corrected chi connectivity index (χ1v) is 5.03. The number of carbonyl (C=O) groups is 1. The van der Waals surface area contributed by atoms with E-state index in [-0.39, 0.29) is 5.97 Å². The van der Waals surface area contributed by atoms with Gasteiger partial charge in [0, 0.05) is 18.0 Å². The van der Waals surface area contributed by atoms with Crippen molar-refractivity contribution in [2.45, 2.75) is 32.7 Å². The molecule has 0 spiro atoms. The summed E-state index contributed by atoms with van der Waals surface area (Å²) in [4.78, 5) is 14.2. The number of nitrogens with one attached hydrogen (secondary N) is 1. The number of esters is 1. The van der Waals surface area contributed by atoms with Crippen LogP contribution in [0.2, 0.25) is 0 Å². The summed E-state index contributed by atoms with van der Waals surface area (Å²) >= 11 is 0. The van der Waals surface area contributed by atoms with Crippen molar-refractivity contribution in [1.82, 2.24) is 5.32 Å². The molecule has 0 fully saturated rings. The van der Waals surface area contributed by atoms with Crippen molar-refractivity contribution < 1.29 is 9.53 Å². The molecule has 0 aliphatic heterocycles. The summed E-state index contributed by atoms with van der Waals surface area (Å²) in [5.41, 5.74) is 7.39. The Kier molecular flexibility index (Phi) is 6.49. The van der Waals surface area contributed by atoms with Crippen molar-refractivity contribution in [1.29, 1.82) is 0 Å². The maximum Gasteiger partial charge on any atom is 0.326 e. The fourth-order valence-electron chi connectivity index (χ4n) is 1.06. The van der Waals surface area contributed by atoms with E-state index in [1.54, 1.807) is 13.8 Å². The number of nitrogens with zero attached hydrogens (tertiary/aromatic N) is 3. The Morgan fingerprint density at radius 3 is 2.73 bits per heavy atom. The highest BCUT2D eigenvalue weighted by Crippen LogP contribution is 2.11. The Hall–Kier alpha value is -1.26. The molecule has 1 atom stereocenters. The molecule has 1 unspecified atom stereocenters. The largest absolute Gasteiger partial charge is 0.465 e. The molecule has 6 nitrogen and oxygen atoms in total. The van der Waals surface area contributed by atoms with Crippen LogP contribution < -0.4 is 5.32 Å². The molecule has 6 heteroatoms. The van der Waals surface area contributed by atoms with Gasteiger partial charge >= 0.3 is 5.97 Å². The second-order valence-electron chi connectivity index (χ2n) is 3.29. The SMILES string of the molecule is CCOC(=O)C(C)(CC)NCCN=[N+]=[N-]. The third-order valence-corrected chi connectivity index (χ3v) is 2.22. The van der Waals surface area contributed by atoms with Gasteiger partial charge < -0.3 is 10.1 Å². The fourth-order valence-corrected chi connectivity index (χ4v) is 1.06. The molecule has 0 heterocycles. The van der Waals surface area contributed by atoms with Gasteiger partial charge in [0.2, 0.25) is 0 Å². The van der Waals surface area contributed by atoms with E-state index >= 15 is 0 Å². The zero-order valence-corrected chi connectivity index (χ0v) is 9.49. The standard InChI is InChI=1S/C9H18N4O2/c1-4-9(3,8(14)15-5-2)11-6-7-12-13-10/h11H,4-7H2,1-3H3. The molecule has 0 aromatic rings. The van der Waals surface area contributed by atoms with Crippen LogP contribution in [-0.2, 0) is 9.53 Å². The van der Waals surface area contributed by atoms with Gasteiger partial charge in [0.15, 0.2) is 0 Å². The first kappa shape index (κ1) is 13.7. The van der Waals surface area contributed by atoms with Gasteiger partial charge in [0.05, 0.1) is 6.61 Å². The number of hydrogen-bond acceptors (Lipinski definition) is 4. The number of ether oxygens (including phenoxy) is 1. The van der Waals surface area contributed by atoms with E-state index in [2.05, 4.69) is 15.3 Å². The molecular formula is C9H18N4O2. The minimum absolute atomic E-state index is 0.270. The van der Waals surface area contributed by atoms with Crippen LogP contribution in [0.15, 0.2) is 5.11 Å². The third kappa shape index (κ3) is 4.67. The normalized spacial score (nSPS) is 13.8. The molecule has 15 heavy (non-hydrogen) atoms. The molecule has 0 aromatic carbocycles. The van der Waals surface area contributed by atoms with Crippen LogP contribution in [0.5, 0.6) is 0 Å². The number of hydrogen-bond donors (Lipinski definition) is 1. The van der Waals surface area contributed by atoms with Crippen molar-refractivity contribution in [3.63, 3.8) is 0 Å². The van der Waals surface area contributed by atoms with Crippen molar-refractivity contribution in [3.8, 4) is 0 Å². The Morgan fingerprint density at radius 1 is 1.60 bits per heavy atom. The van der Waals surface area contributed by atoms with Crippen LogP contribution in [0.3, 0.4) is 0 Å². The molecule has 0 rings (SSSR count). The van der Waals surface area contributed by atoms with E-state index in [0.717, 1.165) is 0 Å². The van der Waals surface area contributed by atoms with Gasteiger partial charge in [-0.25, -0.2) is 0 Å². The van der Waals surface area contributed by atoms with Crippen molar-refractivity contribution in [2.24, 2.45) is 5.11 Å². The van der Waals surface area contributed by atoms with Gasteiger partial charge in [0.25, 0.3) is 0 Å². The Labute approximate surface area is 89.6 Å². The number of azide groups is 1. The highest BCUT2D eigenvalue weighted by Gasteiger charge is 2.31. The van der Waals surface area contributed by atoms with Crippen LogP contribution in [0, 0.1) is 0 Å². The first-order valence-electron chi connectivity index (χ1n) is 5.03. The molecule has 0 bridgehead atoms. The van der Waals surface area contributed by atoms with E-state index in [1.807, 2.05) is 6.92 Å². The molecular weight excluding hydrogens is 196 g/mol. The molecule has 1 N–H and O–H groups in total.